The van der Waals surface area contributed by atoms with Crippen LogP contribution in [-0.2, 0) is 13.6 Å². The van der Waals surface area contributed by atoms with Gasteiger partial charge in [0.2, 0.25) is 0 Å². The van der Waals surface area contributed by atoms with Gasteiger partial charge in [-0.25, -0.2) is 0 Å². The second kappa shape index (κ2) is 7.36. The van der Waals surface area contributed by atoms with Gasteiger partial charge in [-0.05, 0) is 24.6 Å². The highest BCUT2D eigenvalue weighted by Gasteiger charge is 2.24. The van der Waals surface area contributed by atoms with Crippen LogP contribution in [0.15, 0.2) is 59.3 Å². The van der Waals surface area contributed by atoms with Crippen LogP contribution in [0.2, 0.25) is 0 Å². The number of amides is 1. The van der Waals surface area contributed by atoms with Gasteiger partial charge >= 0.3 is 0 Å². The number of carbonyl (C=O) groups excluding carboxylic acids is 1. The number of aromatic nitrogens is 2. The summed E-state index contributed by atoms with van der Waals surface area (Å²) in [5.41, 5.74) is 2.19. The number of furan rings is 1. The van der Waals surface area contributed by atoms with E-state index < -0.39 is 6.10 Å². The quantitative estimate of drug-likeness (QED) is 0.749. The van der Waals surface area contributed by atoms with E-state index in [1.165, 1.54) is 6.26 Å². The minimum atomic E-state index is -0.889. The molecule has 2 aromatic heterocycles. The molecule has 0 bridgehead atoms. The van der Waals surface area contributed by atoms with Gasteiger partial charge in [0.15, 0.2) is 0 Å². The van der Waals surface area contributed by atoms with E-state index in [1.807, 2.05) is 30.3 Å². The van der Waals surface area contributed by atoms with Crippen LogP contribution >= 0.6 is 0 Å². The van der Waals surface area contributed by atoms with Gasteiger partial charge in [0, 0.05) is 19.8 Å². The van der Waals surface area contributed by atoms with E-state index >= 15 is 0 Å². The summed E-state index contributed by atoms with van der Waals surface area (Å²) in [5, 5.41) is 14.7. The van der Waals surface area contributed by atoms with Crippen molar-refractivity contribution in [3.05, 3.63) is 77.5 Å². The van der Waals surface area contributed by atoms with Crippen molar-refractivity contribution < 1.29 is 14.3 Å². The maximum Gasteiger partial charge on any atom is 0.257 e. The number of carbonyl (C=O) groups is 1. The number of aliphatic hydroxyl groups is 1. The van der Waals surface area contributed by atoms with Gasteiger partial charge in [-0.2, -0.15) is 5.10 Å². The lowest BCUT2D eigenvalue weighted by molar-refractivity contribution is 0.0562. The van der Waals surface area contributed by atoms with Crippen molar-refractivity contribution >= 4 is 5.91 Å². The first-order chi connectivity index (χ1) is 12.0. The van der Waals surface area contributed by atoms with Crippen LogP contribution in [0.4, 0.5) is 0 Å². The van der Waals surface area contributed by atoms with Gasteiger partial charge in [0.05, 0.1) is 24.1 Å². The van der Waals surface area contributed by atoms with Gasteiger partial charge in [-0.1, -0.05) is 30.3 Å². The first kappa shape index (κ1) is 17.0. The predicted molar refractivity (Wildman–Crippen MR) is 92.8 cm³/mol. The lowest BCUT2D eigenvalue weighted by Crippen LogP contribution is -2.34. The molecule has 1 amide bonds. The van der Waals surface area contributed by atoms with E-state index in [-0.39, 0.29) is 12.5 Å². The third-order valence-corrected chi connectivity index (χ3v) is 4.01. The Hall–Kier alpha value is -2.86. The monoisotopic (exact) mass is 339 g/mol. The molecule has 0 saturated carbocycles. The van der Waals surface area contributed by atoms with E-state index in [9.17, 15) is 9.90 Å². The van der Waals surface area contributed by atoms with E-state index in [0.29, 0.717) is 23.6 Å². The van der Waals surface area contributed by atoms with E-state index in [0.717, 1.165) is 5.56 Å². The molecule has 1 N–H and O–H groups in total. The summed E-state index contributed by atoms with van der Waals surface area (Å²) in [5.74, 6) is 0.272. The maximum atomic E-state index is 13.0. The number of benzene rings is 1. The number of hydrogen-bond acceptors (Lipinski definition) is 4. The normalized spacial score (nSPS) is 12.1. The van der Waals surface area contributed by atoms with Crippen LogP contribution in [-0.4, -0.2) is 32.2 Å². The molecule has 3 aromatic rings. The molecular weight excluding hydrogens is 318 g/mol. The number of rotatable bonds is 6. The molecule has 25 heavy (non-hydrogen) atoms. The van der Waals surface area contributed by atoms with Gasteiger partial charge in [0.25, 0.3) is 5.91 Å². The summed E-state index contributed by atoms with van der Waals surface area (Å²) < 4.78 is 6.87. The van der Waals surface area contributed by atoms with Crippen LogP contribution in [0.1, 0.15) is 33.5 Å². The van der Waals surface area contributed by atoms with Crippen LogP contribution in [0.3, 0.4) is 0 Å². The van der Waals surface area contributed by atoms with Crippen LogP contribution in [0.25, 0.3) is 0 Å². The summed E-state index contributed by atoms with van der Waals surface area (Å²) in [6, 6.07) is 13.1. The molecule has 1 atom stereocenters. The summed E-state index contributed by atoms with van der Waals surface area (Å²) in [7, 11) is 1.78. The van der Waals surface area contributed by atoms with Gasteiger partial charge in [-0.15, -0.1) is 0 Å². The molecular formula is C19H21N3O3. The van der Waals surface area contributed by atoms with Crippen molar-refractivity contribution in [2.45, 2.75) is 19.6 Å². The second-order valence-corrected chi connectivity index (χ2v) is 6.00. The molecule has 0 unspecified atom stereocenters. The highest BCUT2D eigenvalue weighted by molar-refractivity contribution is 5.95. The van der Waals surface area contributed by atoms with Crippen molar-refractivity contribution in [1.29, 1.82) is 0 Å². The first-order valence-electron chi connectivity index (χ1n) is 8.09. The Bertz CT molecular complexity index is 825. The molecule has 6 heteroatoms. The van der Waals surface area contributed by atoms with E-state index in [4.69, 9.17) is 4.42 Å². The van der Waals surface area contributed by atoms with Crippen molar-refractivity contribution in [2.75, 3.05) is 6.54 Å². The molecule has 6 nitrogen and oxygen atoms in total. The topological polar surface area (TPSA) is 71.5 Å². The molecule has 0 aliphatic heterocycles. The molecule has 130 valence electrons. The summed E-state index contributed by atoms with van der Waals surface area (Å²) >= 11 is 0. The fourth-order valence-corrected chi connectivity index (χ4v) is 2.78. The van der Waals surface area contributed by atoms with Gasteiger partial charge < -0.3 is 14.4 Å². The standard InChI is InChI=1S/C19H21N3O3/c1-14-16(12-21(2)20-14)19(24)22(11-15-7-4-3-5-8-15)13-17(23)18-9-6-10-25-18/h3-10,12,17,23H,11,13H2,1-2H3/t17-/m1/s1. The van der Waals surface area contributed by atoms with E-state index in [1.54, 1.807) is 41.9 Å². The first-order valence-corrected chi connectivity index (χ1v) is 8.09. The predicted octanol–water partition coefficient (Wildman–Crippen LogP) is 2.70. The lowest BCUT2D eigenvalue weighted by Gasteiger charge is -2.24. The Morgan fingerprint density at radius 3 is 2.64 bits per heavy atom. The number of nitrogens with zero attached hydrogens (tertiary/aromatic N) is 3. The second-order valence-electron chi connectivity index (χ2n) is 6.00. The molecule has 3 rings (SSSR count). The highest BCUT2D eigenvalue weighted by atomic mass is 16.4. The Morgan fingerprint density at radius 2 is 2.04 bits per heavy atom. The largest absolute Gasteiger partial charge is 0.467 e. The van der Waals surface area contributed by atoms with Crippen molar-refractivity contribution in [2.24, 2.45) is 7.05 Å². The molecule has 1 aromatic carbocycles. The Kier molecular flexibility index (Phi) is 5.00. The van der Waals surface area contributed by atoms with Crippen molar-refractivity contribution in [3.63, 3.8) is 0 Å². The smallest absolute Gasteiger partial charge is 0.257 e. The molecule has 0 spiro atoms. The minimum Gasteiger partial charge on any atom is -0.467 e. The van der Waals surface area contributed by atoms with Crippen molar-refractivity contribution in [1.82, 2.24) is 14.7 Å². The zero-order chi connectivity index (χ0) is 17.8. The fourth-order valence-electron chi connectivity index (χ4n) is 2.78. The average Bonchev–Trinajstić information content (AvgIpc) is 3.24. The third-order valence-electron chi connectivity index (χ3n) is 4.01. The fraction of sp³-hybridized carbons (Fsp3) is 0.263. The number of hydrogen-bond donors (Lipinski definition) is 1. The summed E-state index contributed by atoms with van der Waals surface area (Å²) in [6.07, 6.45) is 2.32. The highest BCUT2D eigenvalue weighted by Crippen LogP contribution is 2.19. The zero-order valence-corrected chi connectivity index (χ0v) is 14.3. The Balaban J connectivity index is 1.85. The summed E-state index contributed by atoms with van der Waals surface area (Å²) in [4.78, 5) is 14.6. The average molecular weight is 339 g/mol. The van der Waals surface area contributed by atoms with Gasteiger partial charge in [0.1, 0.15) is 11.9 Å². The Morgan fingerprint density at radius 1 is 1.28 bits per heavy atom. The Labute approximate surface area is 146 Å². The maximum absolute atomic E-state index is 13.0. The SMILES string of the molecule is Cc1nn(C)cc1C(=O)N(Cc1ccccc1)C[C@@H](O)c1ccco1. The van der Waals surface area contributed by atoms with Crippen LogP contribution in [0, 0.1) is 6.92 Å². The van der Waals surface area contributed by atoms with Crippen molar-refractivity contribution in [3.8, 4) is 0 Å². The number of aryl methyl sites for hydroxylation is 2. The summed E-state index contributed by atoms with van der Waals surface area (Å²) in [6.45, 7) is 2.33. The van der Waals surface area contributed by atoms with Crippen LogP contribution < -0.4 is 0 Å². The van der Waals surface area contributed by atoms with E-state index in [2.05, 4.69) is 5.10 Å². The lowest BCUT2D eigenvalue weighted by atomic mass is 10.1. The van der Waals surface area contributed by atoms with Crippen LogP contribution in [0.5, 0.6) is 0 Å². The molecule has 0 aliphatic carbocycles. The van der Waals surface area contributed by atoms with Gasteiger partial charge in [-0.3, -0.25) is 9.48 Å². The zero-order valence-electron chi connectivity index (χ0n) is 14.3. The molecule has 0 saturated heterocycles. The number of aliphatic hydroxyl groups excluding tert-OH is 1. The molecule has 0 aliphatic rings. The minimum absolute atomic E-state index is 0.134. The molecule has 2 heterocycles. The molecule has 0 radical (unpaired) electrons. The third kappa shape index (κ3) is 3.97. The molecule has 0 fully saturated rings.